The second-order valence-corrected chi connectivity index (χ2v) is 14.1. The molecule has 0 N–H and O–H groups in total. The third kappa shape index (κ3) is 2.79. The Balaban J connectivity index is 2.08. The van der Waals surface area contributed by atoms with E-state index in [0.717, 1.165) is 11.3 Å². The minimum absolute atomic E-state index is 0.454. The number of nitrogens with zero attached hydrogens (tertiary/aromatic N) is 1. The van der Waals surface area contributed by atoms with Crippen molar-refractivity contribution in [3.05, 3.63) is 24.5 Å². The molecule has 1 aromatic rings. The molecule has 2 aliphatic rings. The fourth-order valence-electron chi connectivity index (χ4n) is 6.03. The molecule has 0 bridgehead atoms. The van der Waals surface area contributed by atoms with Gasteiger partial charge in [0.25, 0.3) is 0 Å². The third-order valence-electron chi connectivity index (χ3n) is 6.69. The Hall–Kier alpha value is -0.290. The molecule has 22 heavy (non-hydrogen) atoms. The molecule has 1 nitrogen and oxygen atoms in total. The number of hydrogen-bond donors (Lipinski definition) is 0. The zero-order valence-corrected chi connectivity index (χ0v) is 16.0. The molecule has 2 fully saturated rings. The Labute approximate surface area is 138 Å². The average Bonchev–Trinajstić information content (AvgIpc) is 3.03. The molecule has 0 atom stereocenters. The van der Waals surface area contributed by atoms with Crippen LogP contribution >= 0.6 is 7.41 Å². The SMILES string of the molecule is CC(C)(C)[PH](C1CCCCC1)(C1CCCCC1)n1cccc1. The number of rotatable bonds is 3. The molecule has 0 amide bonds. The van der Waals surface area contributed by atoms with E-state index in [2.05, 4.69) is 49.6 Å². The maximum absolute atomic E-state index is 2.79. The van der Waals surface area contributed by atoms with Gasteiger partial charge in [-0.25, -0.2) is 0 Å². The molecule has 0 spiro atoms. The van der Waals surface area contributed by atoms with Gasteiger partial charge in [-0.3, -0.25) is 0 Å². The van der Waals surface area contributed by atoms with Crippen LogP contribution in [-0.2, 0) is 0 Å². The molecular weight excluding hydrogens is 285 g/mol. The van der Waals surface area contributed by atoms with Gasteiger partial charge < -0.3 is 0 Å². The Morgan fingerprint density at radius 2 is 1.14 bits per heavy atom. The van der Waals surface area contributed by atoms with E-state index in [0.29, 0.717) is 5.16 Å². The zero-order chi connectivity index (χ0) is 15.6. The van der Waals surface area contributed by atoms with Crippen LogP contribution in [0, 0.1) is 0 Å². The third-order valence-corrected chi connectivity index (χ3v) is 13.9. The van der Waals surface area contributed by atoms with E-state index in [9.17, 15) is 0 Å². The van der Waals surface area contributed by atoms with Crippen LogP contribution in [0.25, 0.3) is 0 Å². The van der Waals surface area contributed by atoms with Crippen LogP contribution in [0.1, 0.15) is 85.0 Å². The monoisotopic (exact) mass is 321 g/mol. The van der Waals surface area contributed by atoms with Crippen molar-refractivity contribution in [1.29, 1.82) is 0 Å². The van der Waals surface area contributed by atoms with Gasteiger partial charge in [0.1, 0.15) is 0 Å². The van der Waals surface area contributed by atoms with Crippen molar-refractivity contribution in [2.75, 3.05) is 0 Å². The van der Waals surface area contributed by atoms with Crippen molar-refractivity contribution in [3.8, 4) is 0 Å². The molecule has 0 aromatic carbocycles. The van der Waals surface area contributed by atoms with Gasteiger partial charge in [0.05, 0.1) is 0 Å². The first-order valence-corrected chi connectivity index (χ1v) is 11.8. The summed E-state index contributed by atoms with van der Waals surface area (Å²) in [6.07, 6.45) is 19.7. The van der Waals surface area contributed by atoms with E-state index in [1.807, 2.05) is 0 Å². The summed E-state index contributed by atoms with van der Waals surface area (Å²) in [6, 6.07) is 4.55. The molecule has 0 radical (unpaired) electrons. The van der Waals surface area contributed by atoms with Gasteiger partial charge in [0.15, 0.2) is 0 Å². The molecule has 0 saturated heterocycles. The van der Waals surface area contributed by atoms with Crippen LogP contribution in [-0.4, -0.2) is 20.8 Å². The van der Waals surface area contributed by atoms with Gasteiger partial charge in [-0.1, -0.05) is 0 Å². The van der Waals surface area contributed by atoms with Gasteiger partial charge >= 0.3 is 138 Å². The first-order valence-electron chi connectivity index (χ1n) is 9.70. The van der Waals surface area contributed by atoms with Crippen LogP contribution < -0.4 is 0 Å². The van der Waals surface area contributed by atoms with Crippen LogP contribution in [0.2, 0.25) is 0 Å². The molecule has 3 rings (SSSR count). The van der Waals surface area contributed by atoms with Crippen molar-refractivity contribution in [3.63, 3.8) is 0 Å². The van der Waals surface area contributed by atoms with E-state index < -0.39 is 7.41 Å². The summed E-state index contributed by atoms with van der Waals surface area (Å²) < 4.78 is 2.79. The number of hydrogen-bond acceptors (Lipinski definition) is 0. The predicted octanol–water partition coefficient (Wildman–Crippen LogP) is 6.47. The summed E-state index contributed by atoms with van der Waals surface area (Å²) in [4.78, 5) is 0. The van der Waals surface area contributed by atoms with E-state index in [4.69, 9.17) is 0 Å². The fourth-order valence-corrected chi connectivity index (χ4v) is 14.0. The molecule has 0 aliphatic heterocycles. The van der Waals surface area contributed by atoms with E-state index in [1.54, 1.807) is 0 Å². The summed E-state index contributed by atoms with van der Waals surface area (Å²) in [5.74, 6) is 0. The van der Waals surface area contributed by atoms with E-state index >= 15 is 0 Å². The standard InChI is InChI=1S/C20H36NP/c1-20(2,3)22(21-16-10-11-17-21,18-12-6-4-7-13-18)19-14-8-5-9-15-19/h10-11,16-19,22H,4-9,12-15H2,1-3H3. The second kappa shape index (κ2) is 6.68. The van der Waals surface area contributed by atoms with Gasteiger partial charge in [-0.2, -0.15) is 0 Å². The van der Waals surface area contributed by atoms with E-state index in [1.165, 1.54) is 64.2 Å². The minimum atomic E-state index is -1.60. The van der Waals surface area contributed by atoms with Crippen molar-refractivity contribution in [1.82, 2.24) is 4.34 Å². The molecule has 1 aromatic heterocycles. The summed E-state index contributed by atoms with van der Waals surface area (Å²) in [5.41, 5.74) is 1.99. The van der Waals surface area contributed by atoms with Crippen LogP contribution in [0.4, 0.5) is 0 Å². The Morgan fingerprint density at radius 3 is 1.50 bits per heavy atom. The predicted molar refractivity (Wildman–Crippen MR) is 102 cm³/mol. The van der Waals surface area contributed by atoms with Crippen molar-refractivity contribution in [2.45, 2.75) is 101 Å². The van der Waals surface area contributed by atoms with Gasteiger partial charge in [-0.05, 0) is 0 Å². The molecule has 2 saturated carbocycles. The van der Waals surface area contributed by atoms with E-state index in [-0.39, 0.29) is 0 Å². The zero-order valence-electron chi connectivity index (χ0n) is 15.0. The Kier molecular flexibility index (Phi) is 5.03. The molecule has 0 unspecified atom stereocenters. The summed E-state index contributed by atoms with van der Waals surface area (Å²) in [5, 5.41) is 0.454. The van der Waals surface area contributed by atoms with Gasteiger partial charge in [0.2, 0.25) is 0 Å². The fraction of sp³-hybridized carbons (Fsp3) is 0.800. The van der Waals surface area contributed by atoms with Crippen LogP contribution in [0.3, 0.4) is 0 Å². The van der Waals surface area contributed by atoms with Crippen LogP contribution in [0.15, 0.2) is 24.5 Å². The summed E-state index contributed by atoms with van der Waals surface area (Å²) >= 11 is 0. The summed E-state index contributed by atoms with van der Waals surface area (Å²) in [6.45, 7) is 7.72. The first-order chi connectivity index (χ1) is 10.6. The number of aromatic nitrogens is 1. The quantitative estimate of drug-likeness (QED) is 0.563. The molecular formula is C20H36NP. The summed E-state index contributed by atoms with van der Waals surface area (Å²) in [7, 11) is -1.60. The van der Waals surface area contributed by atoms with Crippen molar-refractivity contribution < 1.29 is 0 Å². The van der Waals surface area contributed by atoms with Gasteiger partial charge in [-0.15, -0.1) is 0 Å². The van der Waals surface area contributed by atoms with Crippen molar-refractivity contribution in [2.24, 2.45) is 0 Å². The average molecular weight is 321 g/mol. The molecule has 2 aliphatic carbocycles. The molecule has 2 heteroatoms. The normalized spacial score (nSPS) is 23.6. The molecule has 1 heterocycles. The Morgan fingerprint density at radius 1 is 0.727 bits per heavy atom. The topological polar surface area (TPSA) is 4.93 Å². The van der Waals surface area contributed by atoms with Crippen LogP contribution in [0.5, 0.6) is 0 Å². The Bertz CT molecular complexity index is 427. The second-order valence-electron chi connectivity index (χ2n) is 8.84. The maximum atomic E-state index is 2.79. The molecule has 126 valence electrons. The first kappa shape index (κ1) is 16.6. The van der Waals surface area contributed by atoms with Gasteiger partial charge in [0, 0.05) is 0 Å². The van der Waals surface area contributed by atoms with Crippen molar-refractivity contribution >= 4 is 7.41 Å².